The minimum atomic E-state index is -4.44. The molecule has 182 valence electrons. The van der Waals surface area contributed by atoms with Crippen molar-refractivity contribution in [2.45, 2.75) is 31.7 Å². The van der Waals surface area contributed by atoms with Crippen LogP contribution in [0.2, 0.25) is 5.02 Å². The molecule has 0 spiro atoms. The van der Waals surface area contributed by atoms with E-state index < -0.39 is 11.7 Å². The van der Waals surface area contributed by atoms with Crippen LogP contribution in [0.25, 0.3) is 0 Å². The number of nitrogens with zero attached hydrogens (tertiary/aromatic N) is 3. The van der Waals surface area contributed by atoms with E-state index in [4.69, 9.17) is 16.3 Å². The Labute approximate surface area is 208 Å². The monoisotopic (exact) mass is 499 g/mol. The molecular weight excluding hydrogens is 475 g/mol. The Hall–Kier alpha value is -3.21. The summed E-state index contributed by atoms with van der Waals surface area (Å²) in [4.78, 5) is 4.27. The summed E-state index contributed by atoms with van der Waals surface area (Å²) in [6, 6.07) is 20.6. The summed E-state index contributed by atoms with van der Waals surface area (Å²) in [6.07, 6.45) is -3.65. The van der Waals surface area contributed by atoms with E-state index in [2.05, 4.69) is 4.90 Å². The fourth-order valence-electron chi connectivity index (χ4n) is 4.52. The molecule has 35 heavy (non-hydrogen) atoms. The second-order valence-electron chi connectivity index (χ2n) is 8.58. The summed E-state index contributed by atoms with van der Waals surface area (Å²) in [5.74, 6) is 0.792. The number of anilines is 1. The SMILES string of the molecule is COc1ccc(CN2CCC(N(Cc3ccccc3C(F)(F)F)c3ccc(C#N)c(Cl)c3)C2)cc1. The summed E-state index contributed by atoms with van der Waals surface area (Å²) in [6.45, 7) is 2.33. The van der Waals surface area contributed by atoms with E-state index in [-0.39, 0.29) is 23.2 Å². The van der Waals surface area contributed by atoms with Gasteiger partial charge in [0, 0.05) is 37.9 Å². The van der Waals surface area contributed by atoms with Gasteiger partial charge < -0.3 is 9.64 Å². The van der Waals surface area contributed by atoms with Gasteiger partial charge in [0.15, 0.2) is 0 Å². The Kier molecular flexibility index (Phi) is 7.54. The van der Waals surface area contributed by atoms with E-state index in [0.29, 0.717) is 17.8 Å². The van der Waals surface area contributed by atoms with E-state index in [9.17, 15) is 18.4 Å². The van der Waals surface area contributed by atoms with E-state index in [1.54, 1.807) is 31.4 Å². The molecule has 0 bridgehead atoms. The van der Waals surface area contributed by atoms with Gasteiger partial charge in [0.05, 0.1) is 23.3 Å². The molecule has 1 aliphatic rings. The number of halogens is 4. The Morgan fingerprint density at radius 2 is 1.86 bits per heavy atom. The molecule has 1 unspecified atom stereocenters. The molecule has 1 atom stereocenters. The van der Waals surface area contributed by atoms with Crippen LogP contribution in [0, 0.1) is 11.3 Å². The van der Waals surface area contributed by atoms with Gasteiger partial charge in [-0.05, 0) is 53.9 Å². The summed E-state index contributed by atoms with van der Waals surface area (Å²) in [7, 11) is 1.63. The van der Waals surface area contributed by atoms with Crippen molar-refractivity contribution in [3.8, 4) is 11.8 Å². The summed E-state index contributed by atoms with van der Waals surface area (Å²) >= 11 is 6.30. The first-order chi connectivity index (χ1) is 16.8. The molecule has 4 rings (SSSR count). The van der Waals surface area contributed by atoms with Crippen molar-refractivity contribution in [1.82, 2.24) is 4.90 Å². The number of hydrogen-bond donors (Lipinski definition) is 0. The number of rotatable bonds is 7. The quantitative estimate of drug-likeness (QED) is 0.371. The first-order valence-electron chi connectivity index (χ1n) is 11.2. The van der Waals surface area contributed by atoms with Gasteiger partial charge in [0.2, 0.25) is 0 Å². The van der Waals surface area contributed by atoms with Crippen LogP contribution in [-0.4, -0.2) is 31.1 Å². The minimum Gasteiger partial charge on any atom is -0.497 e. The molecule has 0 N–H and O–H groups in total. The molecule has 8 heteroatoms. The third-order valence-electron chi connectivity index (χ3n) is 6.32. The molecule has 1 heterocycles. The van der Waals surface area contributed by atoms with Crippen LogP contribution in [0.4, 0.5) is 18.9 Å². The van der Waals surface area contributed by atoms with Crippen molar-refractivity contribution in [3.05, 3.63) is 94.0 Å². The predicted molar refractivity (Wildman–Crippen MR) is 130 cm³/mol. The van der Waals surface area contributed by atoms with Crippen molar-refractivity contribution >= 4 is 17.3 Å². The Balaban J connectivity index is 1.60. The van der Waals surface area contributed by atoms with E-state index >= 15 is 0 Å². The van der Waals surface area contributed by atoms with Gasteiger partial charge in [0.25, 0.3) is 0 Å². The largest absolute Gasteiger partial charge is 0.497 e. The van der Waals surface area contributed by atoms with Crippen LogP contribution < -0.4 is 9.64 Å². The lowest BCUT2D eigenvalue weighted by Gasteiger charge is -2.32. The number of benzene rings is 3. The highest BCUT2D eigenvalue weighted by molar-refractivity contribution is 6.32. The third-order valence-corrected chi connectivity index (χ3v) is 6.63. The normalized spacial score (nSPS) is 16.2. The molecule has 1 saturated heterocycles. The lowest BCUT2D eigenvalue weighted by Crippen LogP contribution is -2.37. The van der Waals surface area contributed by atoms with Gasteiger partial charge in [-0.25, -0.2) is 0 Å². The maximum absolute atomic E-state index is 13.7. The topological polar surface area (TPSA) is 39.5 Å². The summed E-state index contributed by atoms with van der Waals surface area (Å²) in [5, 5.41) is 9.53. The van der Waals surface area contributed by atoms with Crippen molar-refractivity contribution in [1.29, 1.82) is 5.26 Å². The highest BCUT2D eigenvalue weighted by atomic mass is 35.5. The third kappa shape index (κ3) is 5.90. The zero-order chi connectivity index (χ0) is 25.0. The average Bonchev–Trinajstić information content (AvgIpc) is 3.30. The number of alkyl halides is 3. The first kappa shape index (κ1) is 24.9. The number of hydrogen-bond acceptors (Lipinski definition) is 4. The zero-order valence-corrected chi connectivity index (χ0v) is 20.0. The summed E-state index contributed by atoms with van der Waals surface area (Å²) < 4.78 is 46.3. The lowest BCUT2D eigenvalue weighted by atomic mass is 10.0. The van der Waals surface area contributed by atoms with Gasteiger partial charge >= 0.3 is 6.18 Å². The number of ether oxygens (including phenoxy) is 1. The van der Waals surface area contributed by atoms with E-state index in [1.165, 1.54) is 12.1 Å². The highest BCUT2D eigenvalue weighted by Crippen LogP contribution is 2.35. The molecule has 0 amide bonds. The maximum Gasteiger partial charge on any atom is 0.416 e. The van der Waals surface area contributed by atoms with Gasteiger partial charge in [-0.15, -0.1) is 0 Å². The van der Waals surface area contributed by atoms with Crippen LogP contribution in [0.1, 0.15) is 28.7 Å². The Morgan fingerprint density at radius 3 is 2.51 bits per heavy atom. The van der Waals surface area contributed by atoms with Crippen molar-refractivity contribution < 1.29 is 17.9 Å². The maximum atomic E-state index is 13.7. The van der Waals surface area contributed by atoms with Crippen molar-refractivity contribution in [2.24, 2.45) is 0 Å². The van der Waals surface area contributed by atoms with Crippen molar-refractivity contribution in [3.63, 3.8) is 0 Å². The number of nitriles is 1. The fourth-order valence-corrected chi connectivity index (χ4v) is 4.74. The molecule has 3 aromatic rings. The van der Waals surface area contributed by atoms with Gasteiger partial charge in [-0.2, -0.15) is 18.4 Å². The standard InChI is InChI=1S/C27H25ClF3N3O/c1-35-24-10-6-19(7-11-24)16-33-13-12-23(18-33)34(22-9-8-20(15-32)26(28)14-22)17-21-4-2-3-5-25(21)27(29,30)31/h2-11,14,23H,12-13,16-18H2,1H3. The molecule has 4 nitrogen and oxygen atoms in total. The second-order valence-corrected chi connectivity index (χ2v) is 8.99. The smallest absolute Gasteiger partial charge is 0.416 e. The van der Waals surface area contributed by atoms with Crippen LogP contribution in [0.15, 0.2) is 66.7 Å². The van der Waals surface area contributed by atoms with Crippen LogP contribution in [0.5, 0.6) is 5.75 Å². The minimum absolute atomic E-state index is 0.0152. The Morgan fingerprint density at radius 1 is 1.11 bits per heavy atom. The average molecular weight is 500 g/mol. The van der Waals surface area contributed by atoms with Gasteiger partial charge in [-0.3, -0.25) is 4.90 Å². The van der Waals surface area contributed by atoms with Crippen LogP contribution in [-0.2, 0) is 19.3 Å². The predicted octanol–water partition coefficient (Wildman–Crippen LogP) is 6.52. The van der Waals surface area contributed by atoms with Crippen LogP contribution >= 0.6 is 11.6 Å². The highest BCUT2D eigenvalue weighted by Gasteiger charge is 2.35. The number of likely N-dealkylation sites (tertiary alicyclic amines) is 1. The van der Waals surface area contributed by atoms with E-state index in [0.717, 1.165) is 36.9 Å². The number of methoxy groups -OCH3 is 1. The fraction of sp³-hybridized carbons (Fsp3) is 0.296. The molecule has 0 saturated carbocycles. The van der Waals surface area contributed by atoms with Gasteiger partial charge in [0.1, 0.15) is 11.8 Å². The molecule has 1 fully saturated rings. The first-order valence-corrected chi connectivity index (χ1v) is 11.6. The van der Waals surface area contributed by atoms with E-state index in [1.807, 2.05) is 35.2 Å². The molecular formula is C27H25ClF3N3O. The zero-order valence-electron chi connectivity index (χ0n) is 19.2. The lowest BCUT2D eigenvalue weighted by molar-refractivity contribution is -0.138. The van der Waals surface area contributed by atoms with Gasteiger partial charge in [-0.1, -0.05) is 41.9 Å². The second kappa shape index (κ2) is 10.6. The van der Waals surface area contributed by atoms with Crippen LogP contribution in [0.3, 0.4) is 0 Å². The molecule has 0 radical (unpaired) electrons. The van der Waals surface area contributed by atoms with Crippen molar-refractivity contribution in [2.75, 3.05) is 25.1 Å². The Bertz CT molecular complexity index is 1210. The molecule has 0 aliphatic carbocycles. The molecule has 1 aliphatic heterocycles. The molecule has 0 aromatic heterocycles. The summed E-state index contributed by atoms with van der Waals surface area (Å²) in [5.41, 5.74) is 1.73. The molecule has 3 aromatic carbocycles.